The third-order valence-electron chi connectivity index (χ3n) is 2.24. The Morgan fingerprint density at radius 1 is 1.19 bits per heavy atom. The molecule has 1 aromatic carbocycles. The van der Waals surface area contributed by atoms with Gasteiger partial charge in [-0.15, -0.1) is 0 Å². The summed E-state index contributed by atoms with van der Waals surface area (Å²) in [7, 11) is 3.24. The SMILES string of the molecule is COc1ccc(OC)c(-c2n[nH]c(C)n2)c1. The molecule has 2 aromatic rings. The minimum absolute atomic E-state index is 0.605. The van der Waals surface area contributed by atoms with Crippen LogP contribution in [0.5, 0.6) is 11.5 Å². The van der Waals surface area contributed by atoms with Gasteiger partial charge in [-0.3, -0.25) is 5.10 Å². The molecule has 0 amide bonds. The van der Waals surface area contributed by atoms with E-state index in [0.29, 0.717) is 5.82 Å². The van der Waals surface area contributed by atoms with Gasteiger partial charge in [0, 0.05) is 0 Å². The predicted octanol–water partition coefficient (Wildman–Crippen LogP) is 1.80. The molecule has 0 aliphatic heterocycles. The van der Waals surface area contributed by atoms with Crippen LogP contribution in [0.4, 0.5) is 0 Å². The Balaban J connectivity index is 2.52. The van der Waals surface area contributed by atoms with Crippen LogP contribution in [-0.2, 0) is 0 Å². The number of hydrogen-bond acceptors (Lipinski definition) is 4. The van der Waals surface area contributed by atoms with Crippen LogP contribution >= 0.6 is 0 Å². The molecule has 0 fully saturated rings. The molecule has 16 heavy (non-hydrogen) atoms. The number of aromatic amines is 1. The van der Waals surface area contributed by atoms with Crippen molar-refractivity contribution >= 4 is 0 Å². The van der Waals surface area contributed by atoms with Crippen molar-refractivity contribution in [3.8, 4) is 22.9 Å². The predicted molar refractivity (Wildman–Crippen MR) is 59.7 cm³/mol. The van der Waals surface area contributed by atoms with E-state index in [1.807, 2.05) is 25.1 Å². The van der Waals surface area contributed by atoms with Gasteiger partial charge in [-0.05, 0) is 25.1 Å². The summed E-state index contributed by atoms with van der Waals surface area (Å²) in [6.07, 6.45) is 0. The molecule has 0 saturated heterocycles. The first-order chi connectivity index (χ1) is 7.74. The van der Waals surface area contributed by atoms with Crippen molar-refractivity contribution in [3.05, 3.63) is 24.0 Å². The summed E-state index contributed by atoms with van der Waals surface area (Å²) >= 11 is 0. The van der Waals surface area contributed by atoms with Gasteiger partial charge in [-0.25, -0.2) is 4.98 Å². The number of ether oxygens (including phenoxy) is 2. The molecular formula is C11H13N3O2. The van der Waals surface area contributed by atoms with Crippen molar-refractivity contribution in [1.82, 2.24) is 15.2 Å². The molecule has 0 bridgehead atoms. The van der Waals surface area contributed by atoms with Crippen LogP contribution in [0.15, 0.2) is 18.2 Å². The van der Waals surface area contributed by atoms with E-state index in [1.165, 1.54) is 0 Å². The van der Waals surface area contributed by atoms with E-state index >= 15 is 0 Å². The average Bonchev–Trinajstić information content (AvgIpc) is 2.75. The number of H-pyrrole nitrogens is 1. The summed E-state index contributed by atoms with van der Waals surface area (Å²) in [6.45, 7) is 1.85. The van der Waals surface area contributed by atoms with Gasteiger partial charge in [0.2, 0.25) is 0 Å². The van der Waals surface area contributed by atoms with Crippen molar-refractivity contribution < 1.29 is 9.47 Å². The van der Waals surface area contributed by atoms with Crippen LogP contribution in [0.25, 0.3) is 11.4 Å². The molecule has 0 unspecified atom stereocenters. The summed E-state index contributed by atoms with van der Waals surface area (Å²) < 4.78 is 10.4. The Kier molecular flexibility index (Phi) is 2.76. The minimum atomic E-state index is 0.605. The lowest BCUT2D eigenvalue weighted by Crippen LogP contribution is -1.91. The van der Waals surface area contributed by atoms with E-state index in [2.05, 4.69) is 15.2 Å². The monoisotopic (exact) mass is 219 g/mol. The zero-order chi connectivity index (χ0) is 11.5. The fraction of sp³-hybridized carbons (Fsp3) is 0.273. The number of benzene rings is 1. The number of nitrogens with zero attached hydrogens (tertiary/aromatic N) is 2. The van der Waals surface area contributed by atoms with Crippen molar-refractivity contribution in [2.45, 2.75) is 6.92 Å². The zero-order valence-corrected chi connectivity index (χ0v) is 9.44. The Labute approximate surface area is 93.4 Å². The molecular weight excluding hydrogens is 206 g/mol. The molecule has 84 valence electrons. The average molecular weight is 219 g/mol. The molecule has 0 saturated carbocycles. The van der Waals surface area contributed by atoms with Crippen molar-refractivity contribution in [2.75, 3.05) is 14.2 Å². The number of rotatable bonds is 3. The van der Waals surface area contributed by atoms with Crippen LogP contribution in [0.3, 0.4) is 0 Å². The first kappa shape index (κ1) is 10.5. The van der Waals surface area contributed by atoms with Gasteiger partial charge in [-0.1, -0.05) is 0 Å². The fourth-order valence-electron chi connectivity index (χ4n) is 1.45. The van der Waals surface area contributed by atoms with Crippen LogP contribution in [-0.4, -0.2) is 29.4 Å². The normalized spacial score (nSPS) is 10.2. The molecule has 1 aromatic heterocycles. The van der Waals surface area contributed by atoms with Gasteiger partial charge in [0.15, 0.2) is 5.82 Å². The standard InChI is InChI=1S/C11H13N3O2/c1-7-12-11(14-13-7)9-6-8(15-2)4-5-10(9)16-3/h4-6H,1-3H3,(H,12,13,14). The fourth-order valence-corrected chi connectivity index (χ4v) is 1.45. The highest BCUT2D eigenvalue weighted by atomic mass is 16.5. The maximum absolute atomic E-state index is 5.26. The van der Waals surface area contributed by atoms with E-state index in [9.17, 15) is 0 Å². The second kappa shape index (κ2) is 4.22. The lowest BCUT2D eigenvalue weighted by Gasteiger charge is -2.07. The highest BCUT2D eigenvalue weighted by Gasteiger charge is 2.11. The summed E-state index contributed by atoms with van der Waals surface area (Å²) in [5.74, 6) is 2.84. The van der Waals surface area contributed by atoms with Gasteiger partial charge >= 0.3 is 0 Å². The summed E-state index contributed by atoms with van der Waals surface area (Å²) in [5, 5.41) is 6.90. The third-order valence-corrected chi connectivity index (χ3v) is 2.24. The van der Waals surface area contributed by atoms with E-state index in [-0.39, 0.29) is 0 Å². The van der Waals surface area contributed by atoms with E-state index in [4.69, 9.17) is 9.47 Å². The summed E-state index contributed by atoms with van der Waals surface area (Å²) in [5.41, 5.74) is 0.811. The molecule has 0 atom stereocenters. The maximum atomic E-state index is 5.26. The lowest BCUT2D eigenvalue weighted by atomic mass is 10.2. The highest BCUT2D eigenvalue weighted by molar-refractivity contribution is 5.66. The van der Waals surface area contributed by atoms with Crippen molar-refractivity contribution in [2.24, 2.45) is 0 Å². The molecule has 0 spiro atoms. The Morgan fingerprint density at radius 3 is 2.56 bits per heavy atom. The molecule has 5 heteroatoms. The Bertz CT molecular complexity index is 494. The number of hydrogen-bond donors (Lipinski definition) is 1. The largest absolute Gasteiger partial charge is 0.497 e. The summed E-state index contributed by atoms with van der Waals surface area (Å²) in [6, 6.07) is 5.52. The molecule has 2 rings (SSSR count). The van der Waals surface area contributed by atoms with Crippen molar-refractivity contribution in [1.29, 1.82) is 0 Å². The number of aryl methyl sites for hydroxylation is 1. The first-order valence-electron chi connectivity index (χ1n) is 4.86. The highest BCUT2D eigenvalue weighted by Crippen LogP contribution is 2.30. The van der Waals surface area contributed by atoms with Crippen LogP contribution < -0.4 is 9.47 Å². The van der Waals surface area contributed by atoms with Gasteiger partial charge in [0.1, 0.15) is 17.3 Å². The molecule has 5 nitrogen and oxygen atoms in total. The van der Waals surface area contributed by atoms with E-state index in [1.54, 1.807) is 14.2 Å². The topological polar surface area (TPSA) is 60.0 Å². The van der Waals surface area contributed by atoms with E-state index < -0.39 is 0 Å². The molecule has 0 radical (unpaired) electrons. The van der Waals surface area contributed by atoms with Crippen molar-refractivity contribution in [3.63, 3.8) is 0 Å². The molecule has 0 aliphatic rings. The zero-order valence-electron chi connectivity index (χ0n) is 9.44. The second-order valence-electron chi connectivity index (χ2n) is 3.31. The van der Waals surface area contributed by atoms with E-state index in [0.717, 1.165) is 22.9 Å². The van der Waals surface area contributed by atoms with Gasteiger partial charge in [0.25, 0.3) is 0 Å². The smallest absolute Gasteiger partial charge is 0.185 e. The van der Waals surface area contributed by atoms with Gasteiger partial charge in [0.05, 0.1) is 19.8 Å². The second-order valence-corrected chi connectivity index (χ2v) is 3.31. The molecule has 1 heterocycles. The van der Waals surface area contributed by atoms with Crippen LogP contribution in [0, 0.1) is 6.92 Å². The Hall–Kier alpha value is -2.04. The Morgan fingerprint density at radius 2 is 2.00 bits per heavy atom. The third kappa shape index (κ3) is 1.84. The molecule has 0 aliphatic carbocycles. The lowest BCUT2D eigenvalue weighted by molar-refractivity contribution is 0.404. The maximum Gasteiger partial charge on any atom is 0.185 e. The summed E-state index contributed by atoms with van der Waals surface area (Å²) in [4.78, 5) is 4.26. The number of aromatic nitrogens is 3. The number of nitrogens with one attached hydrogen (secondary N) is 1. The first-order valence-corrected chi connectivity index (χ1v) is 4.86. The van der Waals surface area contributed by atoms with Crippen LogP contribution in [0.1, 0.15) is 5.82 Å². The van der Waals surface area contributed by atoms with Crippen LogP contribution in [0.2, 0.25) is 0 Å². The minimum Gasteiger partial charge on any atom is -0.497 e. The molecule has 1 N–H and O–H groups in total. The number of methoxy groups -OCH3 is 2. The van der Waals surface area contributed by atoms with Gasteiger partial charge in [-0.2, -0.15) is 5.10 Å². The quantitative estimate of drug-likeness (QED) is 0.855. The van der Waals surface area contributed by atoms with Gasteiger partial charge < -0.3 is 9.47 Å².